The molecule has 0 amide bonds. The molecule has 1 aromatic heterocycles. The van der Waals surface area contributed by atoms with Gasteiger partial charge < -0.3 is 19.8 Å². The third kappa shape index (κ3) is 5.65. The fourth-order valence-electron chi connectivity index (χ4n) is 2.64. The molecule has 2 aromatic rings. The van der Waals surface area contributed by atoms with Crippen LogP contribution < -0.4 is 10.6 Å². The van der Waals surface area contributed by atoms with Crippen molar-refractivity contribution in [2.75, 3.05) is 14.2 Å². The number of aliphatic imine (C=N–C) groups is 1. The van der Waals surface area contributed by atoms with E-state index in [0.29, 0.717) is 29.6 Å². The first-order chi connectivity index (χ1) is 12.5. The molecule has 0 aliphatic heterocycles. The standard InChI is InChI=1S/C20H27N3O3/c1-14(10-11-16-8-6-5-7-9-16)23-20(21-3)22-13-17-12-18(15(2)26-17)19(24)25-4/h5-9,12,14H,10-11,13H2,1-4H3,(H2,21,22,23). The molecular formula is C20H27N3O3. The van der Waals surface area contributed by atoms with Crippen LogP contribution in [0.4, 0.5) is 0 Å². The van der Waals surface area contributed by atoms with Crippen LogP contribution in [-0.2, 0) is 17.7 Å². The second kappa shape index (κ2) is 9.65. The Balaban J connectivity index is 1.83. The maximum atomic E-state index is 11.6. The van der Waals surface area contributed by atoms with Crippen LogP contribution in [0.15, 0.2) is 45.8 Å². The second-order valence-electron chi connectivity index (χ2n) is 6.17. The molecule has 0 aliphatic rings. The van der Waals surface area contributed by atoms with E-state index in [1.54, 1.807) is 20.0 Å². The van der Waals surface area contributed by atoms with Crippen molar-refractivity contribution in [3.8, 4) is 0 Å². The Labute approximate surface area is 154 Å². The Morgan fingerprint density at radius 2 is 2.04 bits per heavy atom. The van der Waals surface area contributed by atoms with Gasteiger partial charge in [0.15, 0.2) is 5.96 Å². The van der Waals surface area contributed by atoms with Gasteiger partial charge in [-0.2, -0.15) is 0 Å². The molecule has 26 heavy (non-hydrogen) atoms. The number of guanidine groups is 1. The molecule has 2 N–H and O–H groups in total. The first-order valence-electron chi connectivity index (χ1n) is 8.72. The number of ether oxygens (including phenoxy) is 1. The monoisotopic (exact) mass is 357 g/mol. The van der Waals surface area contributed by atoms with Crippen molar-refractivity contribution in [2.45, 2.75) is 39.3 Å². The summed E-state index contributed by atoms with van der Waals surface area (Å²) >= 11 is 0. The lowest BCUT2D eigenvalue weighted by Gasteiger charge is -2.17. The molecule has 0 spiro atoms. The van der Waals surface area contributed by atoms with Gasteiger partial charge in [0.05, 0.1) is 13.7 Å². The average molecular weight is 357 g/mol. The highest BCUT2D eigenvalue weighted by molar-refractivity contribution is 5.90. The summed E-state index contributed by atoms with van der Waals surface area (Å²) in [6.45, 7) is 4.31. The number of benzene rings is 1. The molecule has 2 rings (SSSR count). The molecule has 0 aliphatic carbocycles. The molecule has 140 valence electrons. The summed E-state index contributed by atoms with van der Waals surface area (Å²) in [5.74, 6) is 1.50. The van der Waals surface area contributed by atoms with Crippen molar-refractivity contribution in [3.05, 3.63) is 59.0 Å². The van der Waals surface area contributed by atoms with Gasteiger partial charge in [0.25, 0.3) is 0 Å². The van der Waals surface area contributed by atoms with Crippen molar-refractivity contribution in [3.63, 3.8) is 0 Å². The van der Waals surface area contributed by atoms with Crippen molar-refractivity contribution < 1.29 is 13.9 Å². The molecule has 6 nitrogen and oxygen atoms in total. The van der Waals surface area contributed by atoms with Gasteiger partial charge >= 0.3 is 5.97 Å². The highest BCUT2D eigenvalue weighted by atomic mass is 16.5. The minimum atomic E-state index is -0.394. The van der Waals surface area contributed by atoms with Gasteiger partial charge in [0, 0.05) is 13.1 Å². The van der Waals surface area contributed by atoms with Gasteiger partial charge in [-0.25, -0.2) is 4.79 Å². The molecule has 1 unspecified atom stereocenters. The Hall–Kier alpha value is -2.76. The quantitative estimate of drug-likeness (QED) is 0.452. The first kappa shape index (κ1) is 19.6. The summed E-state index contributed by atoms with van der Waals surface area (Å²) < 4.78 is 10.3. The van der Waals surface area contributed by atoms with E-state index < -0.39 is 5.97 Å². The van der Waals surface area contributed by atoms with Crippen molar-refractivity contribution in [2.24, 2.45) is 4.99 Å². The third-order valence-corrected chi connectivity index (χ3v) is 4.12. The molecule has 0 saturated carbocycles. The number of methoxy groups -OCH3 is 1. The summed E-state index contributed by atoms with van der Waals surface area (Å²) in [6, 6.07) is 12.4. The number of nitrogens with one attached hydrogen (secondary N) is 2. The fraction of sp³-hybridized carbons (Fsp3) is 0.400. The molecule has 6 heteroatoms. The van der Waals surface area contributed by atoms with E-state index in [1.165, 1.54) is 12.7 Å². The van der Waals surface area contributed by atoms with Crippen LogP contribution in [0.3, 0.4) is 0 Å². The van der Waals surface area contributed by atoms with E-state index in [-0.39, 0.29) is 6.04 Å². The lowest BCUT2D eigenvalue weighted by Crippen LogP contribution is -2.42. The lowest BCUT2D eigenvalue weighted by molar-refractivity contribution is 0.0599. The van der Waals surface area contributed by atoms with Crippen LogP contribution in [-0.4, -0.2) is 32.1 Å². The second-order valence-corrected chi connectivity index (χ2v) is 6.17. The minimum Gasteiger partial charge on any atom is -0.465 e. The van der Waals surface area contributed by atoms with Crippen LogP contribution in [0.2, 0.25) is 0 Å². The number of hydrogen-bond acceptors (Lipinski definition) is 4. The van der Waals surface area contributed by atoms with Crippen LogP contribution in [0.1, 0.15) is 40.8 Å². The minimum absolute atomic E-state index is 0.269. The predicted molar refractivity (Wildman–Crippen MR) is 102 cm³/mol. The molecule has 1 aromatic carbocycles. The van der Waals surface area contributed by atoms with Gasteiger partial charge in [-0.1, -0.05) is 30.3 Å². The zero-order valence-corrected chi connectivity index (χ0v) is 15.8. The molecule has 0 saturated heterocycles. The maximum absolute atomic E-state index is 11.6. The number of furan rings is 1. The molecule has 0 bridgehead atoms. The third-order valence-electron chi connectivity index (χ3n) is 4.12. The van der Waals surface area contributed by atoms with E-state index in [1.807, 2.05) is 6.07 Å². The molecule has 0 radical (unpaired) electrons. The number of carbonyl (C=O) groups excluding carboxylic acids is 1. The largest absolute Gasteiger partial charge is 0.465 e. The predicted octanol–water partition coefficient (Wildman–Crippen LogP) is 3.06. The number of aryl methyl sites for hydroxylation is 2. The van der Waals surface area contributed by atoms with E-state index in [2.05, 4.69) is 46.8 Å². The molecule has 0 fully saturated rings. The number of hydrogen-bond donors (Lipinski definition) is 2. The van der Waals surface area contributed by atoms with Crippen LogP contribution >= 0.6 is 0 Å². The summed E-state index contributed by atoms with van der Waals surface area (Å²) in [4.78, 5) is 15.9. The number of rotatable bonds is 7. The Morgan fingerprint density at radius 3 is 2.69 bits per heavy atom. The van der Waals surface area contributed by atoms with E-state index in [4.69, 9.17) is 9.15 Å². The maximum Gasteiger partial charge on any atom is 0.341 e. The van der Waals surface area contributed by atoms with Gasteiger partial charge in [-0.3, -0.25) is 4.99 Å². The van der Waals surface area contributed by atoms with Crippen LogP contribution in [0.5, 0.6) is 0 Å². The zero-order valence-electron chi connectivity index (χ0n) is 15.8. The van der Waals surface area contributed by atoms with E-state index >= 15 is 0 Å². The number of nitrogens with zero attached hydrogens (tertiary/aromatic N) is 1. The highest BCUT2D eigenvalue weighted by Crippen LogP contribution is 2.15. The molecular weight excluding hydrogens is 330 g/mol. The normalized spacial score (nSPS) is 12.5. The summed E-state index contributed by atoms with van der Waals surface area (Å²) in [5, 5.41) is 6.57. The van der Waals surface area contributed by atoms with E-state index in [9.17, 15) is 4.79 Å². The van der Waals surface area contributed by atoms with Gasteiger partial charge in [-0.15, -0.1) is 0 Å². The Morgan fingerprint density at radius 1 is 1.31 bits per heavy atom. The van der Waals surface area contributed by atoms with Crippen LogP contribution in [0, 0.1) is 6.92 Å². The summed E-state index contributed by atoms with van der Waals surface area (Å²) in [7, 11) is 3.09. The Bertz CT molecular complexity index is 738. The van der Waals surface area contributed by atoms with Crippen molar-refractivity contribution >= 4 is 11.9 Å². The first-order valence-corrected chi connectivity index (χ1v) is 8.72. The van der Waals surface area contributed by atoms with Crippen LogP contribution in [0.25, 0.3) is 0 Å². The summed E-state index contributed by atoms with van der Waals surface area (Å²) in [6.07, 6.45) is 2.00. The zero-order chi connectivity index (χ0) is 18.9. The average Bonchev–Trinajstić information content (AvgIpc) is 3.04. The Kier molecular flexibility index (Phi) is 7.26. The smallest absolute Gasteiger partial charge is 0.341 e. The molecule has 1 heterocycles. The van der Waals surface area contributed by atoms with E-state index in [0.717, 1.165) is 12.8 Å². The SMILES string of the molecule is CN=C(NCc1cc(C(=O)OC)c(C)o1)NC(C)CCc1ccccc1. The fourth-order valence-corrected chi connectivity index (χ4v) is 2.64. The highest BCUT2D eigenvalue weighted by Gasteiger charge is 2.15. The lowest BCUT2D eigenvalue weighted by atomic mass is 10.1. The van der Waals surface area contributed by atoms with Gasteiger partial charge in [0.1, 0.15) is 17.1 Å². The van der Waals surface area contributed by atoms with Gasteiger partial charge in [0.2, 0.25) is 0 Å². The summed E-state index contributed by atoms with van der Waals surface area (Å²) in [5.41, 5.74) is 1.77. The van der Waals surface area contributed by atoms with Gasteiger partial charge in [-0.05, 0) is 38.3 Å². The van der Waals surface area contributed by atoms with Crippen molar-refractivity contribution in [1.82, 2.24) is 10.6 Å². The number of esters is 1. The molecule has 1 atom stereocenters. The van der Waals surface area contributed by atoms with Crippen molar-refractivity contribution in [1.29, 1.82) is 0 Å². The topological polar surface area (TPSA) is 75.9 Å². The number of carbonyl (C=O) groups is 1.